The topological polar surface area (TPSA) is 80.1 Å². The molecule has 0 saturated heterocycles. The van der Waals surface area contributed by atoms with Crippen LogP contribution in [0.5, 0.6) is 0 Å². The molecule has 0 fully saturated rings. The second-order valence-electron chi connectivity index (χ2n) is 4.81. The van der Waals surface area contributed by atoms with Gasteiger partial charge >= 0.3 is 0 Å². The number of rotatable bonds is 6. The maximum atomic E-state index is 11.6. The van der Waals surface area contributed by atoms with Crippen LogP contribution >= 0.6 is 0 Å². The van der Waals surface area contributed by atoms with Crippen LogP contribution in [0, 0.1) is 6.92 Å². The first-order valence-electron chi connectivity index (χ1n) is 6.52. The van der Waals surface area contributed by atoms with E-state index in [9.17, 15) is 8.42 Å². The fraction of sp³-hybridized carbons (Fsp3) is 0.385. The quantitative estimate of drug-likeness (QED) is 0.849. The monoisotopic (exact) mass is 309 g/mol. The van der Waals surface area contributed by atoms with Gasteiger partial charge in [-0.25, -0.2) is 4.72 Å². The Kier molecular flexibility index (Phi) is 4.71. The van der Waals surface area contributed by atoms with Crippen molar-refractivity contribution in [3.8, 4) is 11.3 Å². The zero-order chi connectivity index (χ0) is 15.5. The van der Waals surface area contributed by atoms with Crippen LogP contribution in [0.25, 0.3) is 11.3 Å². The summed E-state index contributed by atoms with van der Waals surface area (Å²) in [4.78, 5) is 3.98. The van der Waals surface area contributed by atoms with Gasteiger partial charge in [0.05, 0.1) is 12.2 Å². The Labute approximate surface area is 124 Å². The van der Waals surface area contributed by atoms with Crippen LogP contribution in [0.1, 0.15) is 5.69 Å². The van der Waals surface area contributed by atoms with E-state index in [1.807, 2.05) is 25.1 Å². The molecule has 21 heavy (non-hydrogen) atoms. The van der Waals surface area contributed by atoms with Crippen molar-refractivity contribution >= 4 is 10.2 Å². The molecule has 0 aliphatic carbocycles. The molecule has 2 rings (SSSR count). The Bertz CT molecular complexity index is 695. The summed E-state index contributed by atoms with van der Waals surface area (Å²) in [7, 11) is -0.414. The Morgan fingerprint density at radius 1 is 1.29 bits per heavy atom. The number of aromatic nitrogens is 3. The van der Waals surface area contributed by atoms with E-state index in [0.717, 1.165) is 21.3 Å². The summed E-state index contributed by atoms with van der Waals surface area (Å²) in [6.45, 7) is 2.71. The first kappa shape index (κ1) is 15.6. The largest absolute Gasteiger partial charge is 0.278 e. The van der Waals surface area contributed by atoms with Crippen molar-refractivity contribution in [2.45, 2.75) is 13.5 Å². The summed E-state index contributed by atoms with van der Waals surface area (Å²) in [6, 6.07) is 5.75. The van der Waals surface area contributed by atoms with E-state index in [1.165, 1.54) is 14.1 Å². The van der Waals surface area contributed by atoms with Crippen molar-refractivity contribution in [3.63, 3.8) is 0 Å². The van der Waals surface area contributed by atoms with Gasteiger partial charge < -0.3 is 0 Å². The number of hydrogen-bond acceptors (Lipinski definition) is 4. The van der Waals surface area contributed by atoms with Gasteiger partial charge in [-0.15, -0.1) is 0 Å². The van der Waals surface area contributed by atoms with Crippen molar-refractivity contribution in [2.24, 2.45) is 0 Å². The van der Waals surface area contributed by atoms with Crippen molar-refractivity contribution in [3.05, 3.63) is 36.3 Å². The third-order valence-electron chi connectivity index (χ3n) is 3.05. The van der Waals surface area contributed by atoms with Crippen LogP contribution in [0.4, 0.5) is 0 Å². The molecular weight excluding hydrogens is 290 g/mol. The van der Waals surface area contributed by atoms with Crippen molar-refractivity contribution in [2.75, 3.05) is 20.6 Å². The first-order valence-corrected chi connectivity index (χ1v) is 7.96. The van der Waals surface area contributed by atoms with Gasteiger partial charge in [-0.05, 0) is 25.1 Å². The Morgan fingerprint density at radius 3 is 2.57 bits per heavy atom. The van der Waals surface area contributed by atoms with Crippen LogP contribution in [0.2, 0.25) is 0 Å². The highest BCUT2D eigenvalue weighted by molar-refractivity contribution is 7.87. The Balaban J connectivity index is 2.04. The molecule has 0 amide bonds. The molecule has 114 valence electrons. The van der Waals surface area contributed by atoms with Crippen LogP contribution < -0.4 is 4.72 Å². The molecule has 8 heteroatoms. The van der Waals surface area contributed by atoms with Crippen molar-refractivity contribution in [1.82, 2.24) is 23.8 Å². The van der Waals surface area contributed by atoms with E-state index in [-0.39, 0.29) is 0 Å². The number of nitrogens with one attached hydrogen (secondary N) is 1. The van der Waals surface area contributed by atoms with Crippen LogP contribution in [-0.2, 0) is 16.8 Å². The predicted octanol–water partition coefficient (Wildman–Crippen LogP) is 0.650. The highest BCUT2D eigenvalue weighted by atomic mass is 32.2. The summed E-state index contributed by atoms with van der Waals surface area (Å²) in [5, 5.41) is 4.48. The number of hydrogen-bond donors (Lipinski definition) is 1. The molecule has 2 aromatic rings. The first-order chi connectivity index (χ1) is 9.90. The molecule has 0 saturated carbocycles. The minimum absolute atomic E-state index is 0.290. The molecule has 2 heterocycles. The van der Waals surface area contributed by atoms with E-state index in [4.69, 9.17) is 0 Å². The van der Waals surface area contributed by atoms with Crippen LogP contribution in [0.3, 0.4) is 0 Å². The average Bonchev–Trinajstić information content (AvgIpc) is 2.81. The van der Waals surface area contributed by atoms with Gasteiger partial charge in [-0.3, -0.25) is 9.67 Å². The van der Waals surface area contributed by atoms with Gasteiger partial charge in [0.25, 0.3) is 10.2 Å². The third-order valence-corrected chi connectivity index (χ3v) is 4.58. The standard InChI is InChI=1S/C13H19N5O2S/c1-11-10-13(12-4-6-14-7-5-12)16-18(11)9-8-15-21(19,20)17(2)3/h4-7,10,15H,8-9H2,1-3H3. The normalized spacial score (nSPS) is 12.0. The summed E-state index contributed by atoms with van der Waals surface area (Å²) in [6.07, 6.45) is 3.43. The van der Waals surface area contributed by atoms with Gasteiger partial charge in [-0.1, -0.05) is 0 Å². The second-order valence-corrected chi connectivity index (χ2v) is 6.78. The highest BCUT2D eigenvalue weighted by Crippen LogP contribution is 2.17. The van der Waals surface area contributed by atoms with Gasteiger partial charge in [0.2, 0.25) is 0 Å². The summed E-state index contributed by atoms with van der Waals surface area (Å²) >= 11 is 0. The molecule has 0 bridgehead atoms. The third kappa shape index (κ3) is 3.87. The molecule has 0 spiro atoms. The van der Waals surface area contributed by atoms with Gasteiger partial charge in [0, 0.05) is 44.3 Å². The lowest BCUT2D eigenvalue weighted by atomic mass is 10.2. The average molecular weight is 309 g/mol. The zero-order valence-electron chi connectivity index (χ0n) is 12.3. The fourth-order valence-corrected chi connectivity index (χ4v) is 2.42. The molecule has 1 N–H and O–H groups in total. The van der Waals surface area contributed by atoms with Crippen molar-refractivity contribution in [1.29, 1.82) is 0 Å². The molecule has 0 radical (unpaired) electrons. The molecule has 0 aliphatic heterocycles. The zero-order valence-corrected chi connectivity index (χ0v) is 13.1. The Morgan fingerprint density at radius 2 is 1.95 bits per heavy atom. The molecule has 0 aliphatic rings. The molecular formula is C13H19N5O2S. The Hall–Kier alpha value is -1.77. The highest BCUT2D eigenvalue weighted by Gasteiger charge is 2.12. The molecule has 7 nitrogen and oxygen atoms in total. The smallest absolute Gasteiger partial charge is 0.268 e. The molecule has 0 aromatic carbocycles. The maximum Gasteiger partial charge on any atom is 0.278 e. The number of pyridine rings is 1. The molecule has 2 aromatic heterocycles. The lowest BCUT2D eigenvalue weighted by molar-refractivity contribution is 0.496. The summed E-state index contributed by atoms with van der Waals surface area (Å²) in [5.74, 6) is 0. The fourth-order valence-electron chi connectivity index (χ4n) is 1.81. The lowest BCUT2D eigenvalue weighted by Crippen LogP contribution is -2.37. The van der Waals surface area contributed by atoms with Gasteiger partial charge in [0.1, 0.15) is 0 Å². The lowest BCUT2D eigenvalue weighted by Gasteiger charge is -2.12. The van der Waals surface area contributed by atoms with E-state index in [1.54, 1.807) is 17.1 Å². The van der Waals surface area contributed by atoms with Gasteiger partial charge in [0.15, 0.2) is 0 Å². The van der Waals surface area contributed by atoms with Crippen LogP contribution in [0.15, 0.2) is 30.6 Å². The van der Waals surface area contributed by atoms with E-state index >= 15 is 0 Å². The molecule has 0 unspecified atom stereocenters. The van der Waals surface area contributed by atoms with Crippen LogP contribution in [-0.4, -0.2) is 48.1 Å². The molecule has 0 atom stereocenters. The minimum atomic E-state index is -3.39. The van der Waals surface area contributed by atoms with Crippen molar-refractivity contribution < 1.29 is 8.42 Å². The number of nitrogens with zero attached hydrogens (tertiary/aromatic N) is 4. The predicted molar refractivity (Wildman–Crippen MR) is 80.8 cm³/mol. The minimum Gasteiger partial charge on any atom is -0.268 e. The second kappa shape index (κ2) is 6.33. The van der Waals surface area contributed by atoms with E-state index in [0.29, 0.717) is 13.1 Å². The van der Waals surface area contributed by atoms with Gasteiger partial charge in [-0.2, -0.15) is 17.8 Å². The summed E-state index contributed by atoms with van der Waals surface area (Å²) < 4.78 is 28.7. The number of aryl methyl sites for hydroxylation is 1. The maximum absolute atomic E-state index is 11.6. The SMILES string of the molecule is Cc1cc(-c2ccncc2)nn1CCNS(=O)(=O)N(C)C. The summed E-state index contributed by atoms with van der Waals surface area (Å²) in [5.41, 5.74) is 2.82. The van der Waals surface area contributed by atoms with E-state index in [2.05, 4.69) is 14.8 Å². The van der Waals surface area contributed by atoms with E-state index < -0.39 is 10.2 Å².